The zero-order valence-corrected chi connectivity index (χ0v) is 17.9. The topological polar surface area (TPSA) is 73.9 Å². The van der Waals surface area contributed by atoms with E-state index in [1.165, 1.54) is 27.1 Å². The van der Waals surface area contributed by atoms with Crippen LogP contribution in [0, 0.1) is 5.92 Å². The Kier molecular flexibility index (Phi) is 7.90. The number of methoxy groups -OCH3 is 2. The standard InChI is InChI=1S/C20H32NO5P/c1-6-8-17-9-7-10-18(14(2)16-11-12-16)19(17)26-27(23,13-24-4)21-15(3)20(22)25-5/h7,9-10,14-16H,6,8,11-13H2,1-5H3,(H,21,23)/t14-,15+,27?/m1/s1. The number of esters is 1. The minimum Gasteiger partial charge on any atom is -0.468 e. The predicted octanol–water partition coefficient (Wildman–Crippen LogP) is 4.48. The second-order valence-corrected chi connectivity index (χ2v) is 9.31. The van der Waals surface area contributed by atoms with Gasteiger partial charge in [-0.15, -0.1) is 0 Å². The molecule has 0 heterocycles. The lowest BCUT2D eigenvalue weighted by Gasteiger charge is -2.26. The largest absolute Gasteiger partial charge is 0.468 e. The molecule has 0 spiro atoms. The normalized spacial score (nSPS) is 18.4. The third kappa shape index (κ3) is 5.81. The minimum absolute atomic E-state index is 0.133. The quantitative estimate of drug-likeness (QED) is 0.438. The predicted molar refractivity (Wildman–Crippen MR) is 106 cm³/mol. The van der Waals surface area contributed by atoms with Crippen LogP contribution in [0.15, 0.2) is 18.2 Å². The van der Waals surface area contributed by atoms with Gasteiger partial charge in [-0.1, -0.05) is 38.5 Å². The smallest absolute Gasteiger partial charge is 0.342 e. The second-order valence-electron chi connectivity index (χ2n) is 7.27. The van der Waals surface area contributed by atoms with E-state index in [-0.39, 0.29) is 6.35 Å². The molecule has 152 valence electrons. The van der Waals surface area contributed by atoms with Gasteiger partial charge in [0.1, 0.15) is 18.1 Å². The Morgan fingerprint density at radius 1 is 1.30 bits per heavy atom. The number of benzene rings is 1. The Bertz CT molecular complexity index is 689. The molecule has 1 N–H and O–H groups in total. The van der Waals surface area contributed by atoms with Gasteiger partial charge in [0.2, 0.25) is 0 Å². The lowest BCUT2D eigenvalue weighted by Crippen LogP contribution is -2.35. The van der Waals surface area contributed by atoms with Gasteiger partial charge in [0, 0.05) is 7.11 Å². The molecule has 1 aliphatic carbocycles. The van der Waals surface area contributed by atoms with E-state index in [2.05, 4.69) is 25.0 Å². The first-order valence-corrected chi connectivity index (χ1v) is 11.4. The molecule has 7 heteroatoms. The monoisotopic (exact) mass is 397 g/mol. The summed E-state index contributed by atoms with van der Waals surface area (Å²) in [5.74, 6) is 1.16. The molecule has 1 aliphatic rings. The molecular formula is C20H32NO5P. The number of nitrogens with one attached hydrogen (secondary N) is 1. The SMILES string of the molecule is CCCc1cccc([C@H](C)C2CC2)c1OP(=O)(COC)N[C@@H](C)C(=O)OC. The van der Waals surface area contributed by atoms with Crippen molar-refractivity contribution in [1.29, 1.82) is 0 Å². The Labute approximate surface area is 162 Å². The molecule has 0 aliphatic heterocycles. The summed E-state index contributed by atoms with van der Waals surface area (Å²) in [6, 6.07) is 5.34. The molecule has 1 unspecified atom stereocenters. The Morgan fingerprint density at radius 3 is 2.56 bits per heavy atom. The van der Waals surface area contributed by atoms with Crippen molar-refractivity contribution in [3.05, 3.63) is 29.3 Å². The van der Waals surface area contributed by atoms with Gasteiger partial charge >= 0.3 is 13.5 Å². The fourth-order valence-corrected chi connectivity index (χ4v) is 5.06. The summed E-state index contributed by atoms with van der Waals surface area (Å²) in [6.07, 6.45) is 4.09. The summed E-state index contributed by atoms with van der Waals surface area (Å²) in [6.45, 7) is 5.90. The van der Waals surface area contributed by atoms with Crippen molar-refractivity contribution in [2.45, 2.75) is 58.4 Å². The van der Waals surface area contributed by atoms with Crippen molar-refractivity contribution in [2.24, 2.45) is 5.92 Å². The third-order valence-corrected chi connectivity index (χ3v) is 6.81. The molecule has 0 bridgehead atoms. The number of ether oxygens (including phenoxy) is 2. The number of carbonyl (C=O) groups is 1. The van der Waals surface area contributed by atoms with E-state index in [0.717, 1.165) is 24.0 Å². The average Bonchev–Trinajstić information content (AvgIpc) is 3.47. The number of hydrogen-bond donors (Lipinski definition) is 1. The molecule has 1 aromatic carbocycles. The van der Waals surface area contributed by atoms with Crippen LogP contribution >= 0.6 is 7.52 Å². The number of para-hydroxylation sites is 1. The molecule has 2 rings (SSSR count). The zero-order chi connectivity index (χ0) is 20.0. The fourth-order valence-electron chi connectivity index (χ4n) is 3.32. The van der Waals surface area contributed by atoms with Crippen LogP contribution in [0.4, 0.5) is 0 Å². The molecule has 3 atom stereocenters. The summed E-state index contributed by atoms with van der Waals surface area (Å²) in [7, 11) is -0.700. The highest BCUT2D eigenvalue weighted by molar-refractivity contribution is 7.57. The van der Waals surface area contributed by atoms with Crippen LogP contribution in [0.25, 0.3) is 0 Å². The van der Waals surface area contributed by atoms with E-state index in [9.17, 15) is 9.36 Å². The van der Waals surface area contributed by atoms with E-state index < -0.39 is 19.5 Å². The maximum Gasteiger partial charge on any atom is 0.342 e. The second kappa shape index (κ2) is 9.72. The summed E-state index contributed by atoms with van der Waals surface area (Å²) in [5.41, 5.74) is 2.11. The lowest BCUT2D eigenvalue weighted by atomic mass is 9.92. The highest BCUT2D eigenvalue weighted by Crippen LogP contribution is 2.50. The maximum absolute atomic E-state index is 13.5. The summed E-state index contributed by atoms with van der Waals surface area (Å²) < 4.78 is 29.5. The van der Waals surface area contributed by atoms with E-state index in [1.54, 1.807) is 6.92 Å². The number of rotatable bonds is 11. The summed E-state index contributed by atoms with van der Waals surface area (Å²) >= 11 is 0. The van der Waals surface area contributed by atoms with Crippen LogP contribution in [0.3, 0.4) is 0 Å². The third-order valence-electron chi connectivity index (χ3n) is 4.95. The first-order chi connectivity index (χ1) is 12.8. The molecule has 0 amide bonds. The van der Waals surface area contributed by atoms with Gasteiger partial charge in [0.15, 0.2) is 0 Å². The van der Waals surface area contributed by atoms with E-state index in [0.29, 0.717) is 17.6 Å². The molecule has 27 heavy (non-hydrogen) atoms. The first kappa shape index (κ1) is 21.9. The van der Waals surface area contributed by atoms with Crippen LogP contribution < -0.4 is 9.61 Å². The molecule has 1 fully saturated rings. The maximum atomic E-state index is 13.5. The number of aryl methyl sites for hydroxylation is 1. The van der Waals surface area contributed by atoms with Crippen molar-refractivity contribution in [2.75, 3.05) is 20.6 Å². The van der Waals surface area contributed by atoms with Gasteiger partial charge in [0.05, 0.1) is 7.11 Å². The van der Waals surface area contributed by atoms with Crippen LogP contribution in [-0.4, -0.2) is 32.6 Å². The molecule has 1 aromatic rings. The molecular weight excluding hydrogens is 365 g/mol. The van der Waals surface area contributed by atoms with Crippen LogP contribution in [0.2, 0.25) is 0 Å². The van der Waals surface area contributed by atoms with E-state index in [1.807, 2.05) is 12.1 Å². The van der Waals surface area contributed by atoms with Gasteiger partial charge in [-0.2, -0.15) is 0 Å². The van der Waals surface area contributed by atoms with Gasteiger partial charge < -0.3 is 14.0 Å². The Morgan fingerprint density at radius 2 is 2.00 bits per heavy atom. The minimum atomic E-state index is -3.46. The van der Waals surface area contributed by atoms with Crippen LogP contribution in [0.5, 0.6) is 5.75 Å². The zero-order valence-electron chi connectivity index (χ0n) is 17.0. The molecule has 0 aromatic heterocycles. The fraction of sp³-hybridized carbons (Fsp3) is 0.650. The molecule has 1 saturated carbocycles. The van der Waals surface area contributed by atoms with Gasteiger partial charge in [-0.25, -0.2) is 5.09 Å². The van der Waals surface area contributed by atoms with Crippen molar-refractivity contribution in [3.63, 3.8) is 0 Å². The first-order valence-electron chi connectivity index (χ1n) is 9.60. The van der Waals surface area contributed by atoms with Crippen LogP contribution in [0.1, 0.15) is 57.1 Å². The van der Waals surface area contributed by atoms with Crippen molar-refractivity contribution < 1.29 is 23.4 Å². The lowest BCUT2D eigenvalue weighted by molar-refractivity contribution is -0.142. The van der Waals surface area contributed by atoms with Gasteiger partial charge in [-0.05, 0) is 49.1 Å². The van der Waals surface area contributed by atoms with Gasteiger partial charge in [0.25, 0.3) is 0 Å². The van der Waals surface area contributed by atoms with Crippen molar-refractivity contribution in [3.8, 4) is 5.75 Å². The number of carbonyl (C=O) groups excluding carboxylic acids is 1. The Balaban J connectivity index is 2.37. The highest BCUT2D eigenvalue weighted by atomic mass is 31.2. The van der Waals surface area contributed by atoms with Gasteiger partial charge in [-0.3, -0.25) is 9.36 Å². The molecule has 6 nitrogen and oxygen atoms in total. The summed E-state index contributed by atoms with van der Waals surface area (Å²) in [5, 5.41) is 2.81. The van der Waals surface area contributed by atoms with Crippen LogP contribution in [-0.2, 0) is 25.3 Å². The Hall–Kier alpha value is -1.36. The van der Waals surface area contributed by atoms with E-state index in [4.69, 9.17) is 14.0 Å². The molecule has 0 saturated heterocycles. The summed E-state index contributed by atoms with van der Waals surface area (Å²) in [4.78, 5) is 11.8. The van der Waals surface area contributed by atoms with Crippen molar-refractivity contribution >= 4 is 13.5 Å². The van der Waals surface area contributed by atoms with Crippen molar-refractivity contribution in [1.82, 2.24) is 5.09 Å². The molecule has 0 radical (unpaired) electrons. The number of hydrogen-bond acceptors (Lipinski definition) is 5. The van der Waals surface area contributed by atoms with E-state index >= 15 is 0 Å². The average molecular weight is 397 g/mol. The highest BCUT2D eigenvalue weighted by Gasteiger charge is 2.35.